The second-order valence-electron chi connectivity index (χ2n) is 3.73. The van der Waals surface area contributed by atoms with Crippen molar-refractivity contribution in [1.82, 2.24) is 4.98 Å². The molecule has 0 aliphatic carbocycles. The highest BCUT2D eigenvalue weighted by atomic mass is 35.5. The van der Waals surface area contributed by atoms with Crippen LogP contribution in [-0.2, 0) is 11.2 Å². The van der Waals surface area contributed by atoms with Gasteiger partial charge in [0.05, 0.1) is 5.69 Å². The minimum Gasteiger partial charge on any atom is -0.550 e. The molecule has 1 N–H and O–H groups in total. The van der Waals surface area contributed by atoms with Crippen LogP contribution in [0.15, 0.2) is 23.6 Å². The molecule has 2 rings (SSSR count). The van der Waals surface area contributed by atoms with Crippen molar-refractivity contribution < 1.29 is 9.90 Å². The lowest BCUT2D eigenvalue weighted by Gasteiger charge is -2.07. The number of aromatic nitrogens is 1. The van der Waals surface area contributed by atoms with Gasteiger partial charge in [-0.3, -0.25) is 0 Å². The molecule has 6 heteroatoms. The number of thiazole rings is 1. The highest BCUT2D eigenvalue weighted by Gasteiger charge is 2.06. The van der Waals surface area contributed by atoms with Crippen LogP contribution < -0.4 is 10.4 Å². The van der Waals surface area contributed by atoms with Gasteiger partial charge in [-0.05, 0) is 24.6 Å². The first kappa shape index (κ1) is 12.9. The minimum atomic E-state index is -1.13. The Labute approximate surface area is 113 Å². The molecule has 1 heterocycles. The van der Waals surface area contributed by atoms with Crippen LogP contribution >= 0.6 is 22.9 Å². The summed E-state index contributed by atoms with van der Waals surface area (Å²) in [5.74, 6) is -1.13. The van der Waals surface area contributed by atoms with Gasteiger partial charge in [0, 0.05) is 28.5 Å². The van der Waals surface area contributed by atoms with E-state index in [1.165, 1.54) is 11.3 Å². The Morgan fingerprint density at radius 3 is 3.06 bits per heavy atom. The average molecular weight is 282 g/mol. The van der Waals surface area contributed by atoms with E-state index in [1.54, 1.807) is 5.38 Å². The summed E-state index contributed by atoms with van der Waals surface area (Å²) < 4.78 is 0. The van der Waals surface area contributed by atoms with Gasteiger partial charge in [0.15, 0.2) is 5.13 Å². The third-order valence-corrected chi connectivity index (χ3v) is 3.60. The van der Waals surface area contributed by atoms with Crippen LogP contribution in [0.2, 0.25) is 5.02 Å². The standard InChI is InChI=1S/C12H11ClN2O2S/c1-7-9(13)3-2-4-10(7)15-12-14-8(6-18-12)5-11(16)17/h2-4,6H,5H2,1H3,(H,14,15)(H,16,17)/p-1. The van der Waals surface area contributed by atoms with Crippen molar-refractivity contribution in [2.24, 2.45) is 0 Å². The van der Waals surface area contributed by atoms with Crippen molar-refractivity contribution in [2.75, 3.05) is 5.32 Å². The fourth-order valence-corrected chi connectivity index (χ4v) is 2.35. The van der Waals surface area contributed by atoms with Crippen LogP contribution in [-0.4, -0.2) is 11.0 Å². The Morgan fingerprint density at radius 1 is 1.56 bits per heavy atom. The Balaban J connectivity index is 2.16. The second-order valence-corrected chi connectivity index (χ2v) is 5.00. The van der Waals surface area contributed by atoms with Crippen LogP contribution in [0.5, 0.6) is 0 Å². The normalized spacial score (nSPS) is 10.3. The van der Waals surface area contributed by atoms with Gasteiger partial charge in [0.25, 0.3) is 0 Å². The van der Waals surface area contributed by atoms with E-state index in [4.69, 9.17) is 11.6 Å². The van der Waals surface area contributed by atoms with Crippen LogP contribution in [0.25, 0.3) is 0 Å². The largest absolute Gasteiger partial charge is 0.550 e. The number of nitrogens with zero attached hydrogens (tertiary/aromatic N) is 1. The maximum Gasteiger partial charge on any atom is 0.187 e. The van der Waals surface area contributed by atoms with Crippen molar-refractivity contribution >= 4 is 39.7 Å². The molecule has 0 atom stereocenters. The van der Waals surface area contributed by atoms with Crippen molar-refractivity contribution in [1.29, 1.82) is 0 Å². The van der Waals surface area contributed by atoms with Crippen molar-refractivity contribution in [3.05, 3.63) is 39.9 Å². The molecular formula is C12H10ClN2O2S-. The number of hydrogen-bond acceptors (Lipinski definition) is 5. The molecule has 0 amide bonds. The van der Waals surface area contributed by atoms with Crippen LogP contribution in [0.1, 0.15) is 11.3 Å². The molecule has 94 valence electrons. The first-order valence-electron chi connectivity index (χ1n) is 5.22. The van der Waals surface area contributed by atoms with E-state index in [2.05, 4.69) is 10.3 Å². The summed E-state index contributed by atoms with van der Waals surface area (Å²) in [6.45, 7) is 1.90. The van der Waals surface area contributed by atoms with Gasteiger partial charge < -0.3 is 15.2 Å². The number of benzene rings is 1. The van der Waals surface area contributed by atoms with E-state index in [0.717, 1.165) is 11.3 Å². The van der Waals surface area contributed by atoms with Crippen molar-refractivity contribution in [3.8, 4) is 0 Å². The number of nitrogens with one attached hydrogen (secondary N) is 1. The molecule has 4 nitrogen and oxygen atoms in total. The van der Waals surface area contributed by atoms with Gasteiger partial charge in [0.1, 0.15) is 0 Å². The monoisotopic (exact) mass is 281 g/mol. The first-order valence-corrected chi connectivity index (χ1v) is 6.48. The zero-order chi connectivity index (χ0) is 13.1. The molecule has 0 saturated heterocycles. The summed E-state index contributed by atoms with van der Waals surface area (Å²) >= 11 is 7.36. The van der Waals surface area contributed by atoms with Crippen molar-refractivity contribution in [2.45, 2.75) is 13.3 Å². The smallest absolute Gasteiger partial charge is 0.187 e. The molecule has 0 fully saturated rings. The van der Waals surface area contributed by atoms with Crippen molar-refractivity contribution in [3.63, 3.8) is 0 Å². The van der Waals surface area contributed by atoms with Gasteiger partial charge >= 0.3 is 0 Å². The molecule has 0 aliphatic rings. The molecule has 18 heavy (non-hydrogen) atoms. The second kappa shape index (κ2) is 5.37. The highest BCUT2D eigenvalue weighted by molar-refractivity contribution is 7.13. The highest BCUT2D eigenvalue weighted by Crippen LogP contribution is 2.27. The summed E-state index contributed by atoms with van der Waals surface area (Å²) in [6.07, 6.45) is -0.174. The molecule has 0 saturated carbocycles. The molecule has 0 radical (unpaired) electrons. The number of anilines is 2. The summed E-state index contributed by atoms with van der Waals surface area (Å²) in [4.78, 5) is 14.6. The Hall–Kier alpha value is -1.59. The fourth-order valence-electron chi connectivity index (χ4n) is 1.45. The van der Waals surface area contributed by atoms with E-state index in [9.17, 15) is 9.90 Å². The third kappa shape index (κ3) is 3.00. The zero-order valence-corrected chi connectivity index (χ0v) is 11.1. The van der Waals surface area contributed by atoms with Gasteiger partial charge in [-0.15, -0.1) is 11.3 Å². The third-order valence-electron chi connectivity index (χ3n) is 2.39. The van der Waals surface area contributed by atoms with Crippen LogP contribution in [0.3, 0.4) is 0 Å². The molecule has 0 aliphatic heterocycles. The lowest BCUT2D eigenvalue weighted by molar-refractivity contribution is -0.304. The molecule has 0 bridgehead atoms. The van der Waals surface area contributed by atoms with E-state index >= 15 is 0 Å². The Kier molecular flexibility index (Phi) is 3.84. The van der Waals surface area contributed by atoms with Gasteiger partial charge in [-0.1, -0.05) is 17.7 Å². The quantitative estimate of drug-likeness (QED) is 0.932. The van der Waals surface area contributed by atoms with E-state index < -0.39 is 5.97 Å². The summed E-state index contributed by atoms with van der Waals surface area (Å²) in [6, 6.07) is 5.54. The molecule has 1 aromatic carbocycles. The molecule has 2 aromatic rings. The van der Waals surface area contributed by atoms with E-state index in [-0.39, 0.29) is 6.42 Å². The maximum atomic E-state index is 10.5. The number of halogens is 1. The minimum absolute atomic E-state index is 0.174. The molecule has 0 spiro atoms. The van der Waals surface area contributed by atoms with E-state index in [0.29, 0.717) is 15.8 Å². The Morgan fingerprint density at radius 2 is 2.33 bits per heavy atom. The average Bonchev–Trinajstić information content (AvgIpc) is 2.71. The fraction of sp³-hybridized carbons (Fsp3) is 0.167. The van der Waals surface area contributed by atoms with Crippen LogP contribution in [0.4, 0.5) is 10.8 Å². The molecule has 0 unspecified atom stereocenters. The van der Waals surface area contributed by atoms with Gasteiger partial charge in [-0.25, -0.2) is 4.98 Å². The predicted molar refractivity (Wildman–Crippen MR) is 70.3 cm³/mol. The van der Waals surface area contributed by atoms with Gasteiger partial charge in [-0.2, -0.15) is 0 Å². The summed E-state index contributed by atoms with van der Waals surface area (Å²) in [7, 11) is 0. The van der Waals surface area contributed by atoms with Gasteiger partial charge in [0.2, 0.25) is 0 Å². The number of carbonyl (C=O) groups excluding carboxylic acids is 1. The first-order chi connectivity index (χ1) is 8.56. The SMILES string of the molecule is Cc1c(Cl)cccc1Nc1nc(CC(=O)[O-])cs1. The summed E-state index contributed by atoms with van der Waals surface area (Å²) in [5, 5.41) is 16.6. The number of carboxylic acids is 1. The predicted octanol–water partition coefficient (Wildman–Crippen LogP) is 2.14. The number of carbonyl (C=O) groups is 1. The number of aliphatic carboxylic acids is 1. The topological polar surface area (TPSA) is 65.0 Å². The number of hydrogen-bond donors (Lipinski definition) is 1. The lowest BCUT2D eigenvalue weighted by Crippen LogP contribution is -2.24. The summed E-state index contributed by atoms with van der Waals surface area (Å²) in [5.41, 5.74) is 2.27. The zero-order valence-electron chi connectivity index (χ0n) is 9.57. The van der Waals surface area contributed by atoms with E-state index in [1.807, 2.05) is 25.1 Å². The molecular weight excluding hydrogens is 272 g/mol. The number of rotatable bonds is 4. The number of carboxylic acid groups (broad SMARTS) is 1. The lowest BCUT2D eigenvalue weighted by atomic mass is 10.2. The maximum absolute atomic E-state index is 10.5. The van der Waals surface area contributed by atoms with Crippen LogP contribution in [0, 0.1) is 6.92 Å². The molecule has 1 aromatic heterocycles. The Bertz CT molecular complexity index is 583.